The highest BCUT2D eigenvalue weighted by Gasteiger charge is 2.39. The first-order chi connectivity index (χ1) is 13.4. The van der Waals surface area contributed by atoms with E-state index in [1.807, 2.05) is 0 Å². The molecule has 0 aliphatic carbocycles. The van der Waals surface area contributed by atoms with Crippen LogP contribution in [0.5, 0.6) is 0 Å². The third kappa shape index (κ3) is 4.63. The number of aliphatic hydroxyl groups is 1. The number of piperazine rings is 1. The maximum absolute atomic E-state index is 13.2. The van der Waals surface area contributed by atoms with E-state index < -0.39 is 17.6 Å². The van der Waals surface area contributed by atoms with Crippen molar-refractivity contribution in [3.63, 3.8) is 0 Å². The van der Waals surface area contributed by atoms with Gasteiger partial charge in [0.05, 0.1) is 5.60 Å². The lowest BCUT2D eigenvalue weighted by atomic mass is 9.99. The van der Waals surface area contributed by atoms with E-state index in [0.29, 0.717) is 31.1 Å². The third-order valence-electron chi connectivity index (χ3n) is 5.31. The lowest BCUT2D eigenvalue weighted by molar-refractivity contribution is -0.144. The van der Waals surface area contributed by atoms with Crippen LogP contribution in [0.4, 0.5) is 19.0 Å². The number of β-amino-alcohol motifs (C(OH)–C–C–N with tert-alkyl or cyclic N) is 1. The quantitative estimate of drug-likeness (QED) is 0.811. The summed E-state index contributed by atoms with van der Waals surface area (Å²) in [5.41, 5.74) is -0.225. The van der Waals surface area contributed by atoms with Crippen LogP contribution in [0, 0.1) is 6.92 Å². The van der Waals surface area contributed by atoms with E-state index in [1.165, 1.54) is 4.52 Å². The zero-order chi connectivity index (χ0) is 21.6. The zero-order valence-corrected chi connectivity index (χ0v) is 17.5. The molecule has 0 saturated carbocycles. The molecule has 3 heterocycles. The first-order valence-corrected chi connectivity index (χ1v) is 9.97. The summed E-state index contributed by atoms with van der Waals surface area (Å²) in [6.45, 7) is 11.3. The Kier molecular flexibility index (Phi) is 5.79. The molecule has 0 radical (unpaired) electrons. The Balaban J connectivity index is 2.02. The molecule has 10 heteroatoms. The van der Waals surface area contributed by atoms with Gasteiger partial charge in [0.15, 0.2) is 0 Å². The highest BCUT2D eigenvalue weighted by Crippen LogP contribution is 2.30. The van der Waals surface area contributed by atoms with Crippen LogP contribution in [0.25, 0.3) is 5.78 Å². The van der Waals surface area contributed by atoms with Crippen molar-refractivity contribution in [3.05, 3.63) is 17.6 Å². The van der Waals surface area contributed by atoms with Gasteiger partial charge >= 0.3 is 6.18 Å². The summed E-state index contributed by atoms with van der Waals surface area (Å²) in [6.07, 6.45) is -2.95. The molecule has 29 heavy (non-hydrogen) atoms. The SMILES string of the molecule is CC[C@H]1CN(c2cc(C)nc3nc(C(F)(F)F)nn23)[C@@H](CC)CN1CC(C)(C)O. The van der Waals surface area contributed by atoms with E-state index in [-0.39, 0.29) is 17.9 Å². The fourth-order valence-electron chi connectivity index (χ4n) is 4.01. The summed E-state index contributed by atoms with van der Waals surface area (Å²) in [6, 6.07) is 2.00. The molecule has 162 valence electrons. The maximum atomic E-state index is 13.2. The van der Waals surface area contributed by atoms with Crippen LogP contribution in [0.2, 0.25) is 0 Å². The van der Waals surface area contributed by atoms with E-state index in [9.17, 15) is 18.3 Å². The molecule has 1 aliphatic heterocycles. The number of anilines is 1. The Morgan fingerprint density at radius 2 is 1.76 bits per heavy atom. The van der Waals surface area contributed by atoms with Gasteiger partial charge in [-0.05, 0) is 33.6 Å². The van der Waals surface area contributed by atoms with Crippen molar-refractivity contribution in [2.75, 3.05) is 24.5 Å². The minimum atomic E-state index is -4.62. The summed E-state index contributed by atoms with van der Waals surface area (Å²) in [5, 5.41) is 14.0. The predicted octanol–water partition coefficient (Wildman–Crippen LogP) is 2.90. The number of fused-ring (bicyclic) bond motifs is 1. The molecule has 0 unspecified atom stereocenters. The Morgan fingerprint density at radius 3 is 2.31 bits per heavy atom. The Morgan fingerprint density at radius 1 is 1.10 bits per heavy atom. The lowest BCUT2D eigenvalue weighted by Gasteiger charge is -2.48. The summed E-state index contributed by atoms with van der Waals surface area (Å²) >= 11 is 0. The van der Waals surface area contributed by atoms with Crippen molar-refractivity contribution in [1.82, 2.24) is 24.5 Å². The maximum Gasteiger partial charge on any atom is 0.453 e. The van der Waals surface area contributed by atoms with Gasteiger partial charge in [0.25, 0.3) is 11.6 Å². The summed E-state index contributed by atoms with van der Waals surface area (Å²) in [5.74, 6) is -0.657. The third-order valence-corrected chi connectivity index (χ3v) is 5.31. The van der Waals surface area contributed by atoms with Gasteiger partial charge in [0.2, 0.25) is 0 Å². The second-order valence-electron chi connectivity index (χ2n) is 8.42. The fourth-order valence-corrected chi connectivity index (χ4v) is 4.01. The van der Waals surface area contributed by atoms with E-state index >= 15 is 0 Å². The van der Waals surface area contributed by atoms with Crippen molar-refractivity contribution in [3.8, 4) is 0 Å². The van der Waals surface area contributed by atoms with Gasteiger partial charge in [-0.15, -0.1) is 5.10 Å². The number of hydrogen-bond donors (Lipinski definition) is 1. The van der Waals surface area contributed by atoms with Crippen LogP contribution < -0.4 is 4.90 Å². The van der Waals surface area contributed by atoms with Crippen LogP contribution in [-0.4, -0.2) is 66.9 Å². The predicted molar refractivity (Wildman–Crippen MR) is 104 cm³/mol. The van der Waals surface area contributed by atoms with Crippen LogP contribution in [0.1, 0.15) is 52.1 Å². The second-order valence-corrected chi connectivity index (χ2v) is 8.42. The number of aryl methyl sites for hydroxylation is 1. The van der Waals surface area contributed by atoms with Crippen molar-refractivity contribution >= 4 is 11.6 Å². The van der Waals surface area contributed by atoms with Crippen LogP contribution in [0.3, 0.4) is 0 Å². The average molecular weight is 414 g/mol. The summed E-state index contributed by atoms with van der Waals surface area (Å²) < 4.78 is 40.7. The lowest BCUT2D eigenvalue weighted by Crippen LogP contribution is -2.60. The molecule has 0 spiro atoms. The van der Waals surface area contributed by atoms with Crippen molar-refractivity contribution < 1.29 is 18.3 Å². The Hall–Kier alpha value is -1.94. The van der Waals surface area contributed by atoms with Gasteiger partial charge in [-0.1, -0.05) is 13.8 Å². The highest BCUT2D eigenvalue weighted by atomic mass is 19.4. The fraction of sp³-hybridized carbons (Fsp3) is 0.737. The molecule has 3 rings (SSSR count). The molecule has 1 aliphatic rings. The highest BCUT2D eigenvalue weighted by molar-refractivity contribution is 5.49. The number of nitrogens with zero attached hydrogens (tertiary/aromatic N) is 6. The Labute approximate surface area is 168 Å². The standard InChI is InChI=1S/C19H29F3N6O/c1-6-13-10-27(14(7-2)9-26(13)11-18(4,5)29)15-8-12(3)23-17-24-16(19(20,21)22)25-28(15)17/h8,13-14,29H,6-7,9-11H2,1-5H3/t13-,14-/m0/s1. The first-order valence-electron chi connectivity index (χ1n) is 9.97. The number of aromatic nitrogens is 4. The topological polar surface area (TPSA) is 69.8 Å². The van der Waals surface area contributed by atoms with Gasteiger partial charge in [-0.2, -0.15) is 22.7 Å². The van der Waals surface area contributed by atoms with Crippen molar-refractivity contribution in [1.29, 1.82) is 0 Å². The second kappa shape index (κ2) is 7.71. The van der Waals surface area contributed by atoms with Gasteiger partial charge in [-0.25, -0.2) is 4.98 Å². The molecule has 0 bridgehead atoms. The van der Waals surface area contributed by atoms with Gasteiger partial charge in [-0.3, -0.25) is 4.90 Å². The van der Waals surface area contributed by atoms with Gasteiger partial charge < -0.3 is 10.0 Å². The molecular formula is C19H29F3N6O. The first kappa shape index (κ1) is 21.8. The molecule has 0 aromatic carbocycles. The molecule has 0 amide bonds. The molecule has 2 atom stereocenters. The zero-order valence-electron chi connectivity index (χ0n) is 17.5. The molecule has 2 aromatic rings. The minimum Gasteiger partial charge on any atom is -0.389 e. The molecule has 2 aromatic heterocycles. The van der Waals surface area contributed by atoms with E-state index in [0.717, 1.165) is 12.8 Å². The number of hydrogen-bond acceptors (Lipinski definition) is 6. The summed E-state index contributed by atoms with van der Waals surface area (Å²) in [7, 11) is 0. The van der Waals surface area contributed by atoms with Crippen LogP contribution in [-0.2, 0) is 6.18 Å². The minimum absolute atomic E-state index is 0.0471. The van der Waals surface area contributed by atoms with Crippen LogP contribution >= 0.6 is 0 Å². The average Bonchev–Trinajstić information content (AvgIpc) is 3.03. The number of rotatable bonds is 5. The molecule has 1 fully saturated rings. The van der Waals surface area contributed by atoms with E-state index in [4.69, 9.17) is 0 Å². The smallest absolute Gasteiger partial charge is 0.389 e. The molecule has 1 saturated heterocycles. The molecule has 7 nitrogen and oxygen atoms in total. The van der Waals surface area contributed by atoms with E-state index in [2.05, 4.69) is 38.7 Å². The summed E-state index contributed by atoms with van der Waals surface area (Å²) in [4.78, 5) is 12.1. The van der Waals surface area contributed by atoms with E-state index in [1.54, 1.807) is 26.8 Å². The Bertz CT molecular complexity index is 860. The van der Waals surface area contributed by atoms with Gasteiger partial charge in [0, 0.05) is 43.5 Å². The van der Waals surface area contributed by atoms with Crippen molar-refractivity contribution in [2.24, 2.45) is 0 Å². The largest absolute Gasteiger partial charge is 0.453 e. The number of alkyl halides is 3. The van der Waals surface area contributed by atoms with Crippen LogP contribution in [0.15, 0.2) is 6.07 Å². The normalized spacial score (nSPS) is 21.9. The monoisotopic (exact) mass is 414 g/mol. The molecular weight excluding hydrogens is 385 g/mol. The molecule has 1 N–H and O–H groups in total. The van der Waals surface area contributed by atoms with Gasteiger partial charge in [0.1, 0.15) is 5.82 Å². The van der Waals surface area contributed by atoms with Crippen molar-refractivity contribution in [2.45, 2.75) is 71.3 Å². The number of halogens is 3.